The van der Waals surface area contributed by atoms with Gasteiger partial charge < -0.3 is 19.4 Å². The van der Waals surface area contributed by atoms with Gasteiger partial charge in [0.1, 0.15) is 17.1 Å². The number of hydrogen-bond acceptors (Lipinski definition) is 5. The number of ether oxygens (including phenoxy) is 2. The highest BCUT2D eigenvalue weighted by molar-refractivity contribution is 6.32. The number of allylic oxidation sites excluding steroid dienone is 1. The van der Waals surface area contributed by atoms with Crippen LogP contribution in [-0.4, -0.2) is 55.2 Å². The van der Waals surface area contributed by atoms with Gasteiger partial charge in [0.2, 0.25) is 0 Å². The average Bonchev–Trinajstić information content (AvgIpc) is 3.46. The quantitative estimate of drug-likeness (QED) is 0.196. The lowest BCUT2D eigenvalue weighted by molar-refractivity contribution is 0.0523. The number of nitrogens with one attached hydrogen (secondary N) is 1. The van der Waals surface area contributed by atoms with Crippen LogP contribution >= 0.6 is 23.2 Å². The van der Waals surface area contributed by atoms with Crippen molar-refractivity contribution in [2.45, 2.75) is 40.0 Å². The monoisotopic (exact) mass is 631 g/mol. The van der Waals surface area contributed by atoms with Crippen LogP contribution in [0.2, 0.25) is 10.0 Å². The van der Waals surface area contributed by atoms with Crippen molar-refractivity contribution in [2.75, 3.05) is 44.2 Å². The van der Waals surface area contributed by atoms with Crippen LogP contribution in [-0.2, 0) is 4.74 Å². The molecule has 1 aromatic heterocycles. The molecule has 6 nitrogen and oxygen atoms in total. The smallest absolute Gasteiger partial charge is 0.341 e. The minimum absolute atomic E-state index is 0.283. The molecule has 0 saturated carbocycles. The molecule has 1 saturated heterocycles. The van der Waals surface area contributed by atoms with Gasteiger partial charge in [-0.15, -0.1) is 0 Å². The van der Waals surface area contributed by atoms with Crippen LogP contribution in [0.15, 0.2) is 72.4 Å². The number of carbonyl (C=O) groups is 1. The Labute approximate surface area is 269 Å². The standard InChI is InChI=1S/C36H39Cl2N3O3/c1-4-43-35(42)29-10-9-28(20-33(29)44-34-19-25-12-14-39-32(25)21-31(34)38)41-17-15-40(16-18-41)23-26-11-13-36(2,3)22-30(26)24-5-7-27(37)8-6-24/h5-10,12,14,19-21,39H,4,11,13,15-18,22-23H2,1-3H3. The lowest BCUT2D eigenvalue weighted by atomic mass is 9.72. The van der Waals surface area contributed by atoms with Gasteiger partial charge in [-0.05, 0) is 85.2 Å². The minimum Gasteiger partial charge on any atom is -0.462 e. The Balaban J connectivity index is 1.20. The molecule has 44 heavy (non-hydrogen) atoms. The largest absolute Gasteiger partial charge is 0.462 e. The van der Waals surface area contributed by atoms with E-state index in [-0.39, 0.29) is 6.61 Å². The maximum atomic E-state index is 12.8. The molecule has 3 aromatic carbocycles. The molecule has 0 radical (unpaired) electrons. The normalized spacial score (nSPS) is 17.2. The molecule has 0 unspecified atom stereocenters. The van der Waals surface area contributed by atoms with Gasteiger partial charge in [-0.25, -0.2) is 4.79 Å². The molecule has 1 N–H and O–H groups in total. The summed E-state index contributed by atoms with van der Waals surface area (Å²) in [7, 11) is 0. The predicted octanol–water partition coefficient (Wildman–Crippen LogP) is 9.23. The Morgan fingerprint density at radius 1 is 0.955 bits per heavy atom. The fourth-order valence-corrected chi connectivity index (χ4v) is 6.65. The first-order valence-electron chi connectivity index (χ1n) is 15.4. The molecular formula is C36H39Cl2N3O3. The van der Waals surface area contributed by atoms with Crippen molar-refractivity contribution in [1.29, 1.82) is 0 Å². The molecule has 230 valence electrons. The summed E-state index contributed by atoms with van der Waals surface area (Å²) in [4.78, 5) is 20.9. The summed E-state index contributed by atoms with van der Waals surface area (Å²) in [5.74, 6) is 0.507. The van der Waals surface area contributed by atoms with E-state index in [1.54, 1.807) is 18.6 Å². The lowest BCUT2D eigenvalue weighted by Crippen LogP contribution is -2.47. The predicted molar refractivity (Wildman–Crippen MR) is 180 cm³/mol. The first kappa shape index (κ1) is 30.6. The Morgan fingerprint density at radius 2 is 1.73 bits per heavy atom. The summed E-state index contributed by atoms with van der Waals surface area (Å²) in [6, 6.07) is 19.7. The highest BCUT2D eigenvalue weighted by Crippen LogP contribution is 2.43. The fourth-order valence-electron chi connectivity index (χ4n) is 6.32. The topological polar surface area (TPSA) is 57.8 Å². The van der Waals surface area contributed by atoms with Gasteiger partial charge in [0.05, 0.1) is 11.6 Å². The lowest BCUT2D eigenvalue weighted by Gasteiger charge is -2.39. The summed E-state index contributed by atoms with van der Waals surface area (Å²) in [6.45, 7) is 11.5. The number of piperazine rings is 1. The molecule has 8 heteroatoms. The van der Waals surface area contributed by atoms with Gasteiger partial charge in [-0.1, -0.05) is 54.8 Å². The van der Waals surface area contributed by atoms with Crippen molar-refractivity contribution in [1.82, 2.24) is 9.88 Å². The van der Waals surface area contributed by atoms with Crippen LogP contribution in [0.5, 0.6) is 11.5 Å². The van der Waals surface area contributed by atoms with Gasteiger partial charge in [-0.2, -0.15) is 0 Å². The summed E-state index contributed by atoms with van der Waals surface area (Å²) in [5, 5.41) is 2.22. The number of halogens is 2. The molecule has 0 amide bonds. The number of anilines is 1. The molecule has 1 fully saturated rings. The van der Waals surface area contributed by atoms with E-state index >= 15 is 0 Å². The van der Waals surface area contributed by atoms with Crippen LogP contribution in [0, 0.1) is 5.41 Å². The molecule has 2 heterocycles. The second-order valence-corrected chi connectivity index (χ2v) is 13.4. The number of carbonyl (C=O) groups excluding carboxylic acids is 1. The van der Waals surface area contributed by atoms with E-state index in [1.807, 2.05) is 48.7 Å². The number of nitrogens with zero attached hydrogens (tertiary/aromatic N) is 2. The molecule has 2 aliphatic rings. The van der Waals surface area contributed by atoms with E-state index in [4.69, 9.17) is 32.7 Å². The summed E-state index contributed by atoms with van der Waals surface area (Å²) in [5.41, 5.74) is 6.92. The first-order chi connectivity index (χ1) is 21.2. The molecule has 0 spiro atoms. The molecule has 1 aliphatic heterocycles. The van der Waals surface area contributed by atoms with E-state index in [1.165, 1.54) is 17.6 Å². The van der Waals surface area contributed by atoms with Crippen LogP contribution < -0.4 is 9.64 Å². The van der Waals surface area contributed by atoms with Crippen molar-refractivity contribution in [2.24, 2.45) is 5.41 Å². The maximum Gasteiger partial charge on any atom is 0.341 e. The maximum absolute atomic E-state index is 12.8. The second-order valence-electron chi connectivity index (χ2n) is 12.5. The van der Waals surface area contributed by atoms with Crippen LogP contribution in [0.25, 0.3) is 16.5 Å². The number of rotatable bonds is 8. The van der Waals surface area contributed by atoms with Crippen molar-refractivity contribution in [3.05, 3.63) is 93.6 Å². The molecule has 0 bridgehead atoms. The molecule has 1 aliphatic carbocycles. The average molecular weight is 633 g/mol. The molecular weight excluding hydrogens is 593 g/mol. The van der Waals surface area contributed by atoms with Crippen LogP contribution in [0.4, 0.5) is 5.69 Å². The number of fused-ring (bicyclic) bond motifs is 1. The van der Waals surface area contributed by atoms with E-state index in [9.17, 15) is 4.79 Å². The summed E-state index contributed by atoms with van der Waals surface area (Å²) >= 11 is 12.8. The van der Waals surface area contributed by atoms with Crippen LogP contribution in [0.3, 0.4) is 0 Å². The number of aromatic nitrogens is 1. The molecule has 6 rings (SSSR count). The number of H-pyrrole nitrogens is 1. The zero-order chi connectivity index (χ0) is 30.8. The van der Waals surface area contributed by atoms with Crippen molar-refractivity contribution < 1.29 is 14.3 Å². The molecule has 4 aromatic rings. The Morgan fingerprint density at radius 3 is 2.48 bits per heavy atom. The van der Waals surface area contributed by atoms with E-state index in [0.717, 1.165) is 67.2 Å². The highest BCUT2D eigenvalue weighted by Gasteiger charge is 2.29. The first-order valence-corrected chi connectivity index (χ1v) is 16.1. The summed E-state index contributed by atoms with van der Waals surface area (Å²) in [6.07, 6.45) is 5.27. The van der Waals surface area contributed by atoms with Gasteiger partial charge in [0.15, 0.2) is 0 Å². The Kier molecular flexibility index (Phi) is 8.95. The van der Waals surface area contributed by atoms with Crippen LogP contribution in [0.1, 0.15) is 56.0 Å². The third-order valence-corrected chi connectivity index (χ3v) is 9.36. The number of hydrogen-bond donors (Lipinski definition) is 1. The van der Waals surface area contributed by atoms with Gasteiger partial charge in [-0.3, -0.25) is 4.90 Å². The fraction of sp³-hybridized carbons (Fsp3) is 0.361. The van der Waals surface area contributed by atoms with Gasteiger partial charge in [0, 0.05) is 66.6 Å². The van der Waals surface area contributed by atoms with Crippen molar-refractivity contribution >= 4 is 51.3 Å². The highest BCUT2D eigenvalue weighted by atomic mass is 35.5. The molecule has 0 atom stereocenters. The van der Waals surface area contributed by atoms with Crippen molar-refractivity contribution in [3.63, 3.8) is 0 Å². The van der Waals surface area contributed by atoms with E-state index in [2.05, 4.69) is 40.8 Å². The number of esters is 1. The zero-order valence-electron chi connectivity index (χ0n) is 25.6. The number of aromatic amines is 1. The Bertz CT molecular complexity index is 1680. The third-order valence-electron chi connectivity index (χ3n) is 8.82. The second kappa shape index (κ2) is 12.9. The van der Waals surface area contributed by atoms with Gasteiger partial charge in [0.25, 0.3) is 0 Å². The summed E-state index contributed by atoms with van der Waals surface area (Å²) < 4.78 is 11.7. The number of benzene rings is 3. The third kappa shape index (κ3) is 6.78. The minimum atomic E-state index is -0.418. The SMILES string of the molecule is CCOC(=O)c1ccc(N2CCN(CC3=C(c4ccc(Cl)cc4)CC(C)(C)CC3)CC2)cc1Oc1cc2cc[nH]c2cc1Cl. The Hall–Kier alpha value is -3.45. The zero-order valence-corrected chi connectivity index (χ0v) is 27.1. The van der Waals surface area contributed by atoms with Crippen molar-refractivity contribution in [3.8, 4) is 11.5 Å². The van der Waals surface area contributed by atoms with E-state index < -0.39 is 5.97 Å². The van der Waals surface area contributed by atoms with E-state index in [0.29, 0.717) is 27.5 Å². The van der Waals surface area contributed by atoms with Gasteiger partial charge >= 0.3 is 5.97 Å².